The first kappa shape index (κ1) is 16.0. The lowest BCUT2D eigenvalue weighted by Gasteiger charge is -2.18. The van der Waals surface area contributed by atoms with Crippen LogP contribution >= 0.6 is 0 Å². The Kier molecular flexibility index (Phi) is 4.43. The van der Waals surface area contributed by atoms with Gasteiger partial charge in [0.1, 0.15) is 8.07 Å². The van der Waals surface area contributed by atoms with Gasteiger partial charge in [-0.3, -0.25) is 0 Å². The Balaban J connectivity index is 1.68. The molecule has 0 unspecified atom stereocenters. The normalized spacial score (nSPS) is 15.6. The molecule has 2 aromatic carbocycles. The fraction of sp³-hybridized carbons (Fsp3) is 0.333. The first-order valence-corrected chi connectivity index (χ1v) is 11.9. The zero-order valence-electron chi connectivity index (χ0n) is 14.3. The van der Waals surface area contributed by atoms with E-state index in [0.29, 0.717) is 0 Å². The second-order valence-electron chi connectivity index (χ2n) is 7.50. The Morgan fingerprint density at radius 3 is 2.17 bits per heavy atom. The molecule has 118 valence electrons. The molecule has 2 aromatic rings. The fourth-order valence-corrected chi connectivity index (χ4v) is 3.21. The second kappa shape index (κ2) is 6.35. The molecule has 0 radical (unpaired) electrons. The summed E-state index contributed by atoms with van der Waals surface area (Å²) in [5, 5.41) is 3.75. The lowest BCUT2D eigenvalue weighted by molar-refractivity contribution is 0.519. The molecule has 0 saturated heterocycles. The van der Waals surface area contributed by atoms with Crippen LogP contribution in [0, 0.1) is 11.5 Å². The maximum Gasteiger partial charge on any atom is 0.129 e. The van der Waals surface area contributed by atoms with E-state index in [-0.39, 0.29) is 5.54 Å². The zero-order chi connectivity index (χ0) is 16.3. The van der Waals surface area contributed by atoms with Crippen molar-refractivity contribution < 1.29 is 0 Å². The van der Waals surface area contributed by atoms with Crippen LogP contribution in [-0.4, -0.2) is 8.07 Å². The molecule has 1 aliphatic carbocycles. The molecule has 1 fully saturated rings. The third-order valence-electron chi connectivity index (χ3n) is 4.24. The molecule has 3 rings (SSSR count). The number of rotatable bonds is 4. The maximum absolute atomic E-state index is 3.75. The van der Waals surface area contributed by atoms with Gasteiger partial charge >= 0.3 is 0 Å². The Morgan fingerprint density at radius 2 is 1.61 bits per heavy atom. The standard InChI is InChI=1S/C21H25NSi/c1-23(2,3)16-13-18-9-11-20(12-10-18)21(14-15-21)22-17-19-7-5-4-6-8-19/h4-12,22H,14-15,17H2,1-3H3. The van der Waals surface area contributed by atoms with Gasteiger partial charge in [0.05, 0.1) is 0 Å². The second-order valence-corrected chi connectivity index (χ2v) is 12.2. The number of hydrogen-bond donors (Lipinski definition) is 1. The van der Waals surface area contributed by atoms with Gasteiger partial charge in [0.2, 0.25) is 0 Å². The summed E-state index contributed by atoms with van der Waals surface area (Å²) in [6.07, 6.45) is 2.44. The lowest BCUT2D eigenvalue weighted by atomic mass is 10.0. The number of nitrogens with one attached hydrogen (secondary N) is 1. The van der Waals surface area contributed by atoms with E-state index < -0.39 is 8.07 Å². The van der Waals surface area contributed by atoms with Crippen molar-refractivity contribution in [1.29, 1.82) is 0 Å². The summed E-state index contributed by atoms with van der Waals surface area (Å²) in [7, 11) is -1.30. The quantitative estimate of drug-likeness (QED) is 0.636. The van der Waals surface area contributed by atoms with Crippen molar-refractivity contribution in [2.24, 2.45) is 0 Å². The van der Waals surface area contributed by atoms with Crippen molar-refractivity contribution in [3.8, 4) is 11.5 Å². The summed E-state index contributed by atoms with van der Waals surface area (Å²) in [4.78, 5) is 0. The van der Waals surface area contributed by atoms with Crippen molar-refractivity contribution in [1.82, 2.24) is 5.32 Å². The molecule has 1 saturated carbocycles. The van der Waals surface area contributed by atoms with Crippen LogP contribution in [0.5, 0.6) is 0 Å². The van der Waals surface area contributed by atoms with Gasteiger partial charge in [0.15, 0.2) is 0 Å². The molecule has 1 N–H and O–H groups in total. The summed E-state index contributed by atoms with van der Waals surface area (Å²) in [5.41, 5.74) is 7.49. The summed E-state index contributed by atoms with van der Waals surface area (Å²) in [6.45, 7) is 7.77. The highest BCUT2D eigenvalue weighted by Crippen LogP contribution is 2.45. The highest BCUT2D eigenvalue weighted by Gasteiger charge is 2.43. The predicted molar refractivity (Wildman–Crippen MR) is 101 cm³/mol. The van der Waals surface area contributed by atoms with Gasteiger partial charge in [0, 0.05) is 17.6 Å². The van der Waals surface area contributed by atoms with Crippen LogP contribution in [0.1, 0.15) is 29.5 Å². The number of benzene rings is 2. The minimum Gasteiger partial charge on any atom is -0.303 e. The monoisotopic (exact) mass is 319 g/mol. The van der Waals surface area contributed by atoms with Crippen molar-refractivity contribution in [3.05, 3.63) is 71.3 Å². The third-order valence-corrected chi connectivity index (χ3v) is 5.12. The Labute approximate surface area is 141 Å². The van der Waals surface area contributed by atoms with Crippen LogP contribution in [0.4, 0.5) is 0 Å². The molecule has 0 atom stereocenters. The van der Waals surface area contributed by atoms with Crippen LogP contribution in [-0.2, 0) is 12.1 Å². The summed E-state index contributed by atoms with van der Waals surface area (Å²) in [6, 6.07) is 19.5. The summed E-state index contributed by atoms with van der Waals surface area (Å²) in [5.74, 6) is 3.33. The molecule has 0 aromatic heterocycles. The first-order valence-electron chi connectivity index (χ1n) is 8.40. The first-order chi connectivity index (χ1) is 11.0. The van der Waals surface area contributed by atoms with Gasteiger partial charge in [0.25, 0.3) is 0 Å². The van der Waals surface area contributed by atoms with Crippen molar-refractivity contribution >= 4 is 8.07 Å². The van der Waals surface area contributed by atoms with Gasteiger partial charge in [-0.25, -0.2) is 0 Å². The van der Waals surface area contributed by atoms with Crippen LogP contribution < -0.4 is 5.32 Å². The average Bonchev–Trinajstić information content (AvgIpc) is 3.33. The molecule has 0 amide bonds. The topological polar surface area (TPSA) is 12.0 Å². The van der Waals surface area contributed by atoms with E-state index in [1.54, 1.807) is 0 Å². The Hall–Kier alpha value is -1.82. The van der Waals surface area contributed by atoms with Gasteiger partial charge in [-0.1, -0.05) is 68.0 Å². The van der Waals surface area contributed by atoms with E-state index in [1.807, 2.05) is 0 Å². The molecule has 1 aliphatic rings. The Morgan fingerprint density at radius 1 is 0.957 bits per heavy atom. The highest BCUT2D eigenvalue weighted by atomic mass is 28.3. The molecule has 2 heteroatoms. The molecule has 1 nitrogen and oxygen atoms in total. The highest BCUT2D eigenvalue weighted by molar-refractivity contribution is 6.83. The fourth-order valence-electron chi connectivity index (χ4n) is 2.69. The molecule has 0 bridgehead atoms. The largest absolute Gasteiger partial charge is 0.303 e. The molecular formula is C21H25NSi. The van der Waals surface area contributed by atoms with E-state index in [4.69, 9.17) is 0 Å². The van der Waals surface area contributed by atoms with Crippen molar-refractivity contribution in [3.63, 3.8) is 0 Å². The molecule has 0 heterocycles. The van der Waals surface area contributed by atoms with Crippen molar-refractivity contribution in [2.45, 2.75) is 44.6 Å². The number of hydrogen-bond acceptors (Lipinski definition) is 1. The van der Waals surface area contributed by atoms with Crippen LogP contribution in [0.25, 0.3) is 0 Å². The average molecular weight is 320 g/mol. The SMILES string of the molecule is C[Si](C)(C)C#Cc1ccc(C2(NCc3ccccc3)CC2)cc1. The van der Waals surface area contributed by atoms with Gasteiger partial charge in [-0.2, -0.15) is 0 Å². The van der Waals surface area contributed by atoms with Crippen molar-refractivity contribution in [2.75, 3.05) is 0 Å². The maximum atomic E-state index is 3.75. The third kappa shape index (κ3) is 4.34. The van der Waals surface area contributed by atoms with Gasteiger partial charge < -0.3 is 5.32 Å². The lowest BCUT2D eigenvalue weighted by Crippen LogP contribution is -2.28. The van der Waals surface area contributed by atoms with Gasteiger partial charge in [-0.05, 0) is 36.1 Å². The van der Waals surface area contributed by atoms with E-state index in [2.05, 4.69) is 91.0 Å². The van der Waals surface area contributed by atoms with E-state index in [9.17, 15) is 0 Å². The molecule has 23 heavy (non-hydrogen) atoms. The van der Waals surface area contributed by atoms with Crippen LogP contribution in [0.15, 0.2) is 54.6 Å². The molecule has 0 spiro atoms. The van der Waals surface area contributed by atoms with E-state index in [1.165, 1.54) is 24.0 Å². The van der Waals surface area contributed by atoms with E-state index >= 15 is 0 Å². The van der Waals surface area contributed by atoms with Gasteiger partial charge in [-0.15, -0.1) is 5.54 Å². The summed E-state index contributed by atoms with van der Waals surface area (Å²) >= 11 is 0. The predicted octanol–water partition coefficient (Wildman–Crippen LogP) is 4.69. The minimum absolute atomic E-state index is 0.181. The van der Waals surface area contributed by atoms with Crippen LogP contribution in [0.2, 0.25) is 19.6 Å². The zero-order valence-corrected chi connectivity index (χ0v) is 15.3. The summed E-state index contributed by atoms with van der Waals surface area (Å²) < 4.78 is 0. The smallest absolute Gasteiger partial charge is 0.129 e. The molecule has 0 aliphatic heterocycles. The van der Waals surface area contributed by atoms with Crippen LogP contribution in [0.3, 0.4) is 0 Å². The minimum atomic E-state index is -1.30. The Bertz CT molecular complexity index is 710. The van der Waals surface area contributed by atoms with E-state index in [0.717, 1.165) is 12.1 Å². The molecular weight excluding hydrogens is 294 g/mol.